The van der Waals surface area contributed by atoms with Crippen molar-refractivity contribution in [3.63, 3.8) is 0 Å². The highest BCUT2D eigenvalue weighted by molar-refractivity contribution is 5.82. The van der Waals surface area contributed by atoms with Crippen LogP contribution >= 0.6 is 0 Å². The second-order valence-electron chi connectivity index (χ2n) is 9.23. The average molecular weight is 438 g/mol. The maximum atomic E-state index is 5.96. The summed E-state index contributed by atoms with van der Waals surface area (Å²) in [5.41, 5.74) is 11.9. The number of fused-ring (bicyclic) bond motifs is 2. The molecule has 0 spiro atoms. The molecule has 1 aliphatic carbocycles. The maximum Gasteiger partial charge on any atom is 0.143 e. The van der Waals surface area contributed by atoms with E-state index < -0.39 is 0 Å². The standard InChI is InChI=1S/C26H27N7/c27-25-6-4-20-11-22(9-18-13-30-31-14-18)19(12-24(20)32-25)3-1-17-2-5-23(10-17)33-8-7-21-15-28-16-29-26(21)33/h4,6-8,11-17,23H,1-3,5,9-10H2,(H2,27,32)(H,30,31). The summed E-state index contributed by atoms with van der Waals surface area (Å²) in [7, 11) is 0. The topological polar surface area (TPSA) is 98.3 Å². The van der Waals surface area contributed by atoms with Crippen molar-refractivity contribution in [2.24, 2.45) is 5.92 Å². The van der Waals surface area contributed by atoms with Crippen molar-refractivity contribution in [1.29, 1.82) is 0 Å². The molecule has 0 saturated heterocycles. The SMILES string of the molecule is Nc1ccc2cc(Cc3cn[nH]c3)c(CCC3CCC(n4ccc5cncnc54)C3)cc2n1. The number of anilines is 1. The second-order valence-corrected chi connectivity index (χ2v) is 9.23. The molecule has 0 bridgehead atoms. The largest absolute Gasteiger partial charge is 0.384 e. The molecule has 3 N–H and O–H groups in total. The lowest BCUT2D eigenvalue weighted by atomic mass is 9.92. The molecule has 166 valence electrons. The van der Waals surface area contributed by atoms with Crippen molar-refractivity contribution >= 4 is 27.8 Å². The third kappa shape index (κ3) is 3.95. The third-order valence-corrected chi connectivity index (χ3v) is 7.09. The first-order valence-corrected chi connectivity index (χ1v) is 11.6. The molecule has 2 atom stereocenters. The fraction of sp³-hybridized carbons (Fsp3) is 0.308. The van der Waals surface area contributed by atoms with Crippen LogP contribution in [0.3, 0.4) is 0 Å². The van der Waals surface area contributed by atoms with Crippen LogP contribution < -0.4 is 5.73 Å². The Labute approximate surface area is 192 Å². The molecule has 4 aromatic heterocycles. The minimum atomic E-state index is 0.519. The minimum absolute atomic E-state index is 0.519. The Kier molecular flexibility index (Phi) is 5.02. The fourth-order valence-corrected chi connectivity index (χ4v) is 5.38. The number of nitrogens with zero attached hydrogens (tertiary/aromatic N) is 5. The molecule has 1 aromatic carbocycles. The number of pyridine rings is 1. The Morgan fingerprint density at radius 1 is 1.06 bits per heavy atom. The molecule has 4 heterocycles. The highest BCUT2D eigenvalue weighted by Crippen LogP contribution is 2.39. The molecular weight excluding hydrogens is 410 g/mol. The average Bonchev–Trinajstić information content (AvgIpc) is 3.58. The zero-order valence-electron chi connectivity index (χ0n) is 18.5. The Hall–Kier alpha value is -3.74. The zero-order chi connectivity index (χ0) is 22.2. The number of aromatic amines is 1. The van der Waals surface area contributed by atoms with Crippen molar-refractivity contribution < 1.29 is 0 Å². The summed E-state index contributed by atoms with van der Waals surface area (Å²) in [6, 6.07) is 11.1. The summed E-state index contributed by atoms with van der Waals surface area (Å²) in [5, 5.41) is 9.30. The summed E-state index contributed by atoms with van der Waals surface area (Å²) in [6.45, 7) is 0. The van der Waals surface area contributed by atoms with Crippen molar-refractivity contribution in [3.8, 4) is 0 Å². The Morgan fingerprint density at radius 2 is 2.03 bits per heavy atom. The Bertz CT molecular complexity index is 1400. The molecule has 6 rings (SSSR count). The molecule has 2 unspecified atom stereocenters. The molecular formula is C26H27N7. The number of hydrogen-bond donors (Lipinski definition) is 2. The van der Waals surface area contributed by atoms with Gasteiger partial charge in [0.15, 0.2) is 0 Å². The molecule has 0 amide bonds. The normalized spacial score (nSPS) is 18.4. The highest BCUT2D eigenvalue weighted by atomic mass is 15.1. The number of nitrogens with two attached hydrogens (primary N) is 1. The maximum absolute atomic E-state index is 5.96. The van der Waals surface area contributed by atoms with Gasteiger partial charge in [-0.1, -0.05) is 0 Å². The van der Waals surface area contributed by atoms with E-state index in [1.54, 1.807) is 6.33 Å². The van der Waals surface area contributed by atoms with Crippen LogP contribution in [-0.4, -0.2) is 29.7 Å². The van der Waals surface area contributed by atoms with Gasteiger partial charge in [0, 0.05) is 41.8 Å². The lowest BCUT2D eigenvalue weighted by Gasteiger charge is -2.16. The van der Waals surface area contributed by atoms with Crippen LogP contribution in [0.25, 0.3) is 21.9 Å². The number of nitrogens with one attached hydrogen (secondary N) is 1. The molecule has 1 aliphatic rings. The van der Waals surface area contributed by atoms with Crippen molar-refractivity contribution in [2.75, 3.05) is 5.73 Å². The molecule has 0 radical (unpaired) electrons. The Balaban J connectivity index is 1.21. The molecule has 7 nitrogen and oxygen atoms in total. The summed E-state index contributed by atoms with van der Waals surface area (Å²) in [4.78, 5) is 13.2. The van der Waals surface area contributed by atoms with Crippen molar-refractivity contribution in [1.82, 2.24) is 29.7 Å². The van der Waals surface area contributed by atoms with Crippen LogP contribution in [0.1, 0.15) is 48.4 Å². The molecule has 1 saturated carbocycles. The molecule has 1 fully saturated rings. The van der Waals surface area contributed by atoms with Gasteiger partial charge in [0.1, 0.15) is 17.8 Å². The van der Waals surface area contributed by atoms with E-state index in [0.29, 0.717) is 17.8 Å². The molecule has 33 heavy (non-hydrogen) atoms. The van der Waals surface area contributed by atoms with Gasteiger partial charge in [-0.2, -0.15) is 5.10 Å². The van der Waals surface area contributed by atoms with Gasteiger partial charge in [0.05, 0.1) is 11.7 Å². The number of aromatic nitrogens is 6. The van der Waals surface area contributed by atoms with Gasteiger partial charge in [-0.05, 0) is 85.0 Å². The van der Waals surface area contributed by atoms with Crippen LogP contribution in [0.2, 0.25) is 0 Å². The zero-order valence-corrected chi connectivity index (χ0v) is 18.5. The van der Waals surface area contributed by atoms with Gasteiger partial charge in [-0.15, -0.1) is 0 Å². The monoisotopic (exact) mass is 437 g/mol. The van der Waals surface area contributed by atoms with E-state index in [4.69, 9.17) is 5.73 Å². The van der Waals surface area contributed by atoms with Gasteiger partial charge in [0.2, 0.25) is 0 Å². The minimum Gasteiger partial charge on any atom is -0.384 e. The predicted octanol–water partition coefficient (Wildman–Crippen LogP) is 4.85. The first-order valence-electron chi connectivity index (χ1n) is 11.6. The number of rotatable bonds is 6. The molecule has 0 aliphatic heterocycles. The van der Waals surface area contributed by atoms with E-state index in [2.05, 4.69) is 60.2 Å². The molecule has 5 aromatic rings. The Morgan fingerprint density at radius 3 is 2.94 bits per heavy atom. The number of nitrogen functional groups attached to an aromatic ring is 1. The third-order valence-electron chi connectivity index (χ3n) is 7.09. The van der Waals surface area contributed by atoms with E-state index in [0.717, 1.165) is 34.8 Å². The predicted molar refractivity (Wildman–Crippen MR) is 130 cm³/mol. The number of aryl methyl sites for hydroxylation is 1. The van der Waals surface area contributed by atoms with Crippen LogP contribution in [0.5, 0.6) is 0 Å². The van der Waals surface area contributed by atoms with Crippen LogP contribution in [0.4, 0.5) is 5.82 Å². The van der Waals surface area contributed by atoms with Gasteiger partial charge >= 0.3 is 0 Å². The quantitative estimate of drug-likeness (QED) is 0.396. The van der Waals surface area contributed by atoms with Crippen LogP contribution in [0, 0.1) is 5.92 Å². The highest BCUT2D eigenvalue weighted by Gasteiger charge is 2.27. The smallest absolute Gasteiger partial charge is 0.143 e. The van der Waals surface area contributed by atoms with Gasteiger partial charge < -0.3 is 10.3 Å². The van der Waals surface area contributed by atoms with Gasteiger partial charge in [0.25, 0.3) is 0 Å². The van der Waals surface area contributed by atoms with E-state index in [1.807, 2.05) is 24.7 Å². The second kappa shape index (κ2) is 8.31. The van der Waals surface area contributed by atoms with Crippen LogP contribution in [-0.2, 0) is 12.8 Å². The number of H-pyrrole nitrogens is 1. The van der Waals surface area contributed by atoms with E-state index in [1.165, 1.54) is 42.4 Å². The first-order chi connectivity index (χ1) is 16.2. The summed E-state index contributed by atoms with van der Waals surface area (Å²) in [6.07, 6.45) is 16.3. The van der Waals surface area contributed by atoms with E-state index in [-0.39, 0.29) is 0 Å². The van der Waals surface area contributed by atoms with Crippen molar-refractivity contribution in [2.45, 2.75) is 44.6 Å². The number of benzene rings is 1. The van der Waals surface area contributed by atoms with Crippen LogP contribution in [0.15, 0.2) is 61.4 Å². The summed E-state index contributed by atoms with van der Waals surface area (Å²) in [5.74, 6) is 1.28. The fourth-order valence-electron chi connectivity index (χ4n) is 5.38. The number of hydrogen-bond acceptors (Lipinski definition) is 5. The lowest BCUT2D eigenvalue weighted by molar-refractivity contribution is 0.461. The summed E-state index contributed by atoms with van der Waals surface area (Å²) < 4.78 is 2.35. The van der Waals surface area contributed by atoms with Gasteiger partial charge in [-0.25, -0.2) is 15.0 Å². The van der Waals surface area contributed by atoms with Gasteiger partial charge in [-0.3, -0.25) is 5.10 Å². The van der Waals surface area contributed by atoms with E-state index >= 15 is 0 Å². The van der Waals surface area contributed by atoms with E-state index in [9.17, 15) is 0 Å². The summed E-state index contributed by atoms with van der Waals surface area (Å²) >= 11 is 0. The first kappa shape index (κ1) is 19.9. The molecule has 7 heteroatoms. The lowest BCUT2D eigenvalue weighted by Crippen LogP contribution is -2.06. The van der Waals surface area contributed by atoms with Crippen molar-refractivity contribution in [3.05, 3.63) is 78.1 Å².